The molecule has 1 aliphatic heterocycles. The van der Waals surface area contributed by atoms with Crippen LogP contribution in [0.2, 0.25) is 0 Å². The van der Waals surface area contributed by atoms with Crippen molar-refractivity contribution >= 4 is 45.5 Å². The standard InChI is InChI=1S/C25H21F2N3OS/c1-15-11-22-23(12-16(15)2)30-25(13-21(29-22)17-3-5-18(26)6-4-17)32-14-24(31)28-20-9-7-19(27)8-10-20/h3-12H,13-14H2,1-2H3,(H,28,31). The number of anilines is 1. The molecular formula is C25H21F2N3OS. The first-order valence-electron chi connectivity index (χ1n) is 10.1. The first kappa shape index (κ1) is 21.9. The first-order chi connectivity index (χ1) is 15.4. The van der Waals surface area contributed by atoms with Crippen LogP contribution in [0, 0.1) is 25.5 Å². The van der Waals surface area contributed by atoms with E-state index >= 15 is 0 Å². The summed E-state index contributed by atoms with van der Waals surface area (Å²) < 4.78 is 26.5. The molecule has 0 saturated heterocycles. The molecule has 0 radical (unpaired) electrons. The van der Waals surface area contributed by atoms with Gasteiger partial charge in [0, 0.05) is 12.1 Å². The molecule has 0 saturated carbocycles. The SMILES string of the molecule is Cc1cc2c(cc1C)N=C(c1ccc(F)cc1)CC(SCC(=O)Nc1ccc(F)cc1)=N2. The van der Waals surface area contributed by atoms with Crippen LogP contribution < -0.4 is 5.32 Å². The predicted octanol–water partition coefficient (Wildman–Crippen LogP) is 6.51. The lowest BCUT2D eigenvalue weighted by molar-refractivity contribution is -0.113. The van der Waals surface area contributed by atoms with E-state index < -0.39 is 0 Å². The molecule has 3 aromatic carbocycles. The highest BCUT2D eigenvalue weighted by Gasteiger charge is 2.18. The van der Waals surface area contributed by atoms with Gasteiger partial charge in [-0.05, 0) is 79.1 Å². The number of nitrogens with zero attached hydrogens (tertiary/aromatic N) is 2. The molecule has 32 heavy (non-hydrogen) atoms. The number of thioether (sulfide) groups is 1. The van der Waals surface area contributed by atoms with Gasteiger partial charge in [0.1, 0.15) is 11.6 Å². The molecule has 162 valence electrons. The van der Waals surface area contributed by atoms with Crippen molar-refractivity contribution in [3.8, 4) is 0 Å². The van der Waals surface area contributed by atoms with Crippen molar-refractivity contribution in [2.45, 2.75) is 20.3 Å². The summed E-state index contributed by atoms with van der Waals surface area (Å²) in [6.07, 6.45) is 0.424. The number of hydrogen-bond acceptors (Lipinski definition) is 4. The molecule has 0 unspecified atom stereocenters. The summed E-state index contributed by atoms with van der Waals surface area (Å²) in [6.45, 7) is 4.04. The molecular weight excluding hydrogens is 428 g/mol. The van der Waals surface area contributed by atoms with Crippen molar-refractivity contribution in [1.29, 1.82) is 0 Å². The van der Waals surface area contributed by atoms with Crippen LogP contribution in [0.4, 0.5) is 25.8 Å². The Kier molecular flexibility index (Phi) is 6.46. The van der Waals surface area contributed by atoms with E-state index in [9.17, 15) is 13.6 Å². The van der Waals surface area contributed by atoms with E-state index in [1.54, 1.807) is 12.1 Å². The van der Waals surface area contributed by atoms with Crippen LogP contribution in [0.3, 0.4) is 0 Å². The van der Waals surface area contributed by atoms with Gasteiger partial charge in [-0.3, -0.25) is 9.79 Å². The Balaban J connectivity index is 1.57. The molecule has 1 amide bonds. The largest absolute Gasteiger partial charge is 0.325 e. The molecule has 0 atom stereocenters. The molecule has 4 rings (SSSR count). The second kappa shape index (κ2) is 9.44. The van der Waals surface area contributed by atoms with E-state index in [-0.39, 0.29) is 23.3 Å². The van der Waals surface area contributed by atoms with Gasteiger partial charge < -0.3 is 5.32 Å². The first-order valence-corrected chi connectivity index (χ1v) is 11.1. The predicted molar refractivity (Wildman–Crippen MR) is 128 cm³/mol. The Morgan fingerprint density at radius 1 is 0.906 bits per heavy atom. The normalized spacial score (nSPS) is 13.0. The number of aliphatic imine (C=N–C) groups is 2. The third kappa shape index (κ3) is 5.29. The van der Waals surface area contributed by atoms with E-state index in [1.165, 1.54) is 48.2 Å². The fraction of sp³-hybridized carbons (Fsp3) is 0.160. The maximum atomic E-state index is 13.4. The summed E-state index contributed by atoms with van der Waals surface area (Å²) in [4.78, 5) is 22.0. The smallest absolute Gasteiger partial charge is 0.234 e. The Hall–Kier alpha value is -3.32. The van der Waals surface area contributed by atoms with Gasteiger partial charge in [0.25, 0.3) is 0 Å². The van der Waals surface area contributed by atoms with Crippen molar-refractivity contribution in [2.24, 2.45) is 9.98 Å². The van der Waals surface area contributed by atoms with Gasteiger partial charge >= 0.3 is 0 Å². The molecule has 0 fully saturated rings. The number of fused-ring (bicyclic) bond motifs is 1. The van der Waals surface area contributed by atoms with Crippen molar-refractivity contribution in [2.75, 3.05) is 11.1 Å². The number of halogens is 2. The highest BCUT2D eigenvalue weighted by Crippen LogP contribution is 2.36. The van der Waals surface area contributed by atoms with Crippen LogP contribution >= 0.6 is 11.8 Å². The Morgan fingerprint density at radius 3 is 2.09 bits per heavy atom. The summed E-state index contributed by atoms with van der Waals surface area (Å²) in [5.74, 6) is -0.737. The number of carbonyl (C=O) groups is 1. The molecule has 7 heteroatoms. The van der Waals surface area contributed by atoms with Gasteiger partial charge in [-0.2, -0.15) is 0 Å². The van der Waals surface area contributed by atoms with Crippen molar-refractivity contribution in [1.82, 2.24) is 0 Å². The monoisotopic (exact) mass is 449 g/mol. The van der Waals surface area contributed by atoms with Crippen LogP contribution in [0.25, 0.3) is 0 Å². The van der Waals surface area contributed by atoms with Gasteiger partial charge in [0.15, 0.2) is 0 Å². The van der Waals surface area contributed by atoms with Gasteiger partial charge in [0.2, 0.25) is 5.91 Å². The highest BCUT2D eigenvalue weighted by molar-refractivity contribution is 8.14. The van der Waals surface area contributed by atoms with E-state index in [0.29, 0.717) is 12.1 Å². The van der Waals surface area contributed by atoms with E-state index in [4.69, 9.17) is 9.98 Å². The summed E-state index contributed by atoms with van der Waals surface area (Å²) in [6, 6.07) is 15.8. The van der Waals surface area contributed by atoms with Gasteiger partial charge in [-0.15, -0.1) is 11.8 Å². The summed E-state index contributed by atoms with van der Waals surface area (Å²) >= 11 is 1.33. The topological polar surface area (TPSA) is 53.8 Å². The molecule has 1 aliphatic rings. The lowest BCUT2D eigenvalue weighted by Gasteiger charge is -2.08. The highest BCUT2D eigenvalue weighted by atomic mass is 32.2. The lowest BCUT2D eigenvalue weighted by atomic mass is 10.1. The molecule has 0 spiro atoms. The molecule has 0 bridgehead atoms. The fourth-order valence-electron chi connectivity index (χ4n) is 3.24. The maximum absolute atomic E-state index is 13.4. The Morgan fingerprint density at radius 2 is 1.47 bits per heavy atom. The number of benzene rings is 3. The Labute approximate surface area is 189 Å². The van der Waals surface area contributed by atoms with Crippen LogP contribution in [-0.4, -0.2) is 22.4 Å². The average molecular weight is 450 g/mol. The summed E-state index contributed by atoms with van der Waals surface area (Å²) in [7, 11) is 0. The zero-order valence-electron chi connectivity index (χ0n) is 17.7. The van der Waals surface area contributed by atoms with Crippen LogP contribution in [0.5, 0.6) is 0 Å². The second-order valence-corrected chi connectivity index (χ2v) is 8.57. The van der Waals surface area contributed by atoms with Crippen molar-refractivity contribution in [3.05, 3.63) is 89.0 Å². The molecule has 3 aromatic rings. The third-order valence-corrected chi connectivity index (χ3v) is 6.06. The summed E-state index contributed by atoms with van der Waals surface area (Å²) in [5, 5.41) is 3.50. The van der Waals surface area contributed by atoms with E-state index in [0.717, 1.165) is 38.8 Å². The number of carbonyl (C=O) groups excluding carboxylic acids is 1. The van der Waals surface area contributed by atoms with Gasteiger partial charge in [-0.25, -0.2) is 13.8 Å². The second-order valence-electron chi connectivity index (χ2n) is 7.52. The average Bonchev–Trinajstić information content (AvgIpc) is 2.94. The van der Waals surface area contributed by atoms with Gasteiger partial charge in [-0.1, -0.05) is 12.1 Å². The zero-order valence-corrected chi connectivity index (χ0v) is 18.5. The molecule has 1 heterocycles. The molecule has 1 N–H and O–H groups in total. The minimum Gasteiger partial charge on any atom is -0.325 e. The van der Waals surface area contributed by atoms with E-state index in [2.05, 4.69) is 5.32 Å². The molecule has 4 nitrogen and oxygen atoms in total. The number of nitrogens with one attached hydrogen (secondary N) is 1. The molecule has 0 aromatic heterocycles. The van der Waals surface area contributed by atoms with Crippen LogP contribution in [-0.2, 0) is 4.79 Å². The number of aryl methyl sites for hydroxylation is 2. The van der Waals surface area contributed by atoms with Crippen molar-refractivity contribution in [3.63, 3.8) is 0 Å². The zero-order chi connectivity index (χ0) is 22.7. The van der Waals surface area contributed by atoms with Crippen LogP contribution in [0.1, 0.15) is 23.1 Å². The minimum absolute atomic E-state index is 0.146. The summed E-state index contributed by atoms with van der Waals surface area (Å²) in [5.41, 5.74) is 5.80. The van der Waals surface area contributed by atoms with Gasteiger partial charge in [0.05, 0.1) is 27.9 Å². The van der Waals surface area contributed by atoms with Crippen LogP contribution in [0.15, 0.2) is 70.6 Å². The van der Waals surface area contributed by atoms with Crippen molar-refractivity contribution < 1.29 is 13.6 Å². The van der Waals surface area contributed by atoms with E-state index in [1.807, 2.05) is 26.0 Å². The Bertz CT molecular complexity index is 1220. The number of rotatable bonds is 4. The third-order valence-electron chi connectivity index (χ3n) is 5.09. The quantitative estimate of drug-likeness (QED) is 0.494. The number of amides is 1. The fourth-order valence-corrected chi connectivity index (χ4v) is 4.01. The minimum atomic E-state index is -0.359. The number of hydrogen-bond donors (Lipinski definition) is 1. The maximum Gasteiger partial charge on any atom is 0.234 e. The lowest BCUT2D eigenvalue weighted by Crippen LogP contribution is -2.16. The molecule has 0 aliphatic carbocycles.